The zero-order valence-electron chi connectivity index (χ0n) is 13.0. The Balaban J connectivity index is 1.58. The fraction of sp³-hybridized carbons (Fsp3) is 0.176. The molecular weight excluding hydrogens is 326 g/mol. The van der Waals surface area contributed by atoms with E-state index in [-0.39, 0.29) is 5.91 Å². The summed E-state index contributed by atoms with van der Waals surface area (Å²) in [6.07, 6.45) is 3.24. The number of fused-ring (bicyclic) bond motifs is 1. The number of rotatable bonds is 3. The molecule has 0 bridgehead atoms. The number of thioether (sulfide) groups is 1. The number of carbonyl (C=O) groups is 1. The molecule has 24 heavy (non-hydrogen) atoms. The number of methoxy groups -OCH3 is 1. The summed E-state index contributed by atoms with van der Waals surface area (Å²) >= 11 is 1.53. The summed E-state index contributed by atoms with van der Waals surface area (Å²) in [6, 6.07) is 11.4. The van der Waals surface area contributed by atoms with Crippen LogP contribution in [0, 0.1) is 0 Å². The molecule has 3 heterocycles. The van der Waals surface area contributed by atoms with Gasteiger partial charge in [0.15, 0.2) is 5.17 Å². The Kier molecular flexibility index (Phi) is 3.78. The van der Waals surface area contributed by atoms with Gasteiger partial charge in [0.25, 0.3) is 5.91 Å². The highest BCUT2D eigenvalue weighted by atomic mass is 32.2. The molecule has 2 aliphatic heterocycles. The third-order valence-electron chi connectivity index (χ3n) is 3.82. The summed E-state index contributed by atoms with van der Waals surface area (Å²) in [5.41, 5.74) is 1.36. The quantitative estimate of drug-likeness (QED) is 0.803. The number of amides is 1. The number of furan rings is 1. The molecule has 2 aromatic rings. The van der Waals surface area contributed by atoms with E-state index in [0.717, 1.165) is 16.6 Å². The predicted molar refractivity (Wildman–Crippen MR) is 93.8 cm³/mol. The molecule has 1 amide bonds. The summed E-state index contributed by atoms with van der Waals surface area (Å²) in [6.45, 7) is 0.445. The second kappa shape index (κ2) is 6.09. The lowest BCUT2D eigenvalue weighted by molar-refractivity contribution is -0.122. The van der Waals surface area contributed by atoms with Crippen LogP contribution in [-0.4, -0.2) is 35.6 Å². The first kappa shape index (κ1) is 14.9. The van der Waals surface area contributed by atoms with Crippen LogP contribution in [0.2, 0.25) is 0 Å². The third-order valence-corrected chi connectivity index (χ3v) is 4.83. The fourth-order valence-electron chi connectivity index (χ4n) is 2.66. The van der Waals surface area contributed by atoms with Crippen LogP contribution in [0.25, 0.3) is 6.08 Å². The zero-order valence-corrected chi connectivity index (χ0v) is 13.8. The first-order valence-corrected chi connectivity index (χ1v) is 8.41. The number of amidine groups is 1. The molecular formula is C17H15N3O3S. The average Bonchev–Trinajstić information content (AvgIpc) is 3.24. The van der Waals surface area contributed by atoms with Gasteiger partial charge >= 0.3 is 0 Å². The van der Waals surface area contributed by atoms with Gasteiger partial charge in [-0.15, -0.1) is 0 Å². The summed E-state index contributed by atoms with van der Waals surface area (Å²) in [4.78, 5) is 20.8. The van der Waals surface area contributed by atoms with E-state index < -0.39 is 0 Å². The second-order valence-corrected chi connectivity index (χ2v) is 6.21. The minimum Gasteiger partial charge on any atom is -0.495 e. The Hall–Kier alpha value is -2.67. The van der Waals surface area contributed by atoms with Crippen molar-refractivity contribution in [1.82, 2.24) is 4.90 Å². The molecule has 2 aliphatic rings. The highest BCUT2D eigenvalue weighted by Gasteiger charge is 2.36. The van der Waals surface area contributed by atoms with Crippen molar-refractivity contribution in [1.29, 1.82) is 0 Å². The highest BCUT2D eigenvalue weighted by Crippen LogP contribution is 2.34. The SMILES string of the molecule is COc1ccccc1N1CSC2=NC(=Cc3ccco3)C(=O)N2C1. The molecule has 1 aromatic heterocycles. The smallest absolute Gasteiger partial charge is 0.280 e. The highest BCUT2D eigenvalue weighted by molar-refractivity contribution is 8.14. The number of hydrogen-bond acceptors (Lipinski definition) is 6. The predicted octanol–water partition coefficient (Wildman–Crippen LogP) is 3.00. The van der Waals surface area contributed by atoms with Crippen LogP contribution in [0.5, 0.6) is 5.75 Å². The molecule has 0 unspecified atom stereocenters. The average molecular weight is 341 g/mol. The van der Waals surface area contributed by atoms with Crippen molar-refractivity contribution in [3.63, 3.8) is 0 Å². The number of para-hydroxylation sites is 2. The fourth-order valence-corrected chi connectivity index (χ4v) is 3.61. The maximum Gasteiger partial charge on any atom is 0.280 e. The van der Waals surface area contributed by atoms with Gasteiger partial charge in [-0.25, -0.2) is 4.99 Å². The van der Waals surface area contributed by atoms with Gasteiger partial charge in [0.2, 0.25) is 0 Å². The van der Waals surface area contributed by atoms with Crippen LogP contribution < -0.4 is 9.64 Å². The number of carbonyl (C=O) groups excluding carboxylic acids is 1. The van der Waals surface area contributed by atoms with Gasteiger partial charge in [0.05, 0.1) is 24.9 Å². The van der Waals surface area contributed by atoms with Gasteiger partial charge in [-0.1, -0.05) is 23.9 Å². The van der Waals surface area contributed by atoms with E-state index in [2.05, 4.69) is 9.89 Å². The lowest BCUT2D eigenvalue weighted by Gasteiger charge is -2.34. The van der Waals surface area contributed by atoms with Crippen molar-refractivity contribution in [2.75, 3.05) is 24.6 Å². The van der Waals surface area contributed by atoms with Crippen LogP contribution in [0.4, 0.5) is 5.69 Å². The molecule has 6 nitrogen and oxygen atoms in total. The van der Waals surface area contributed by atoms with Gasteiger partial charge in [-0.3, -0.25) is 9.69 Å². The van der Waals surface area contributed by atoms with E-state index in [9.17, 15) is 4.79 Å². The Morgan fingerprint density at radius 3 is 2.96 bits per heavy atom. The normalized spacial score (nSPS) is 18.8. The molecule has 0 spiro atoms. The first-order valence-electron chi connectivity index (χ1n) is 7.43. The van der Waals surface area contributed by atoms with Gasteiger partial charge in [-0.05, 0) is 24.3 Å². The van der Waals surface area contributed by atoms with E-state index in [4.69, 9.17) is 9.15 Å². The Bertz CT molecular complexity index is 829. The minimum atomic E-state index is -0.117. The lowest BCUT2D eigenvalue weighted by Crippen LogP contribution is -2.46. The van der Waals surface area contributed by atoms with Crippen LogP contribution in [0.1, 0.15) is 5.76 Å². The Labute approximate surface area is 143 Å². The zero-order chi connectivity index (χ0) is 16.5. The van der Waals surface area contributed by atoms with Gasteiger partial charge in [0, 0.05) is 6.08 Å². The van der Waals surface area contributed by atoms with Gasteiger partial charge in [-0.2, -0.15) is 0 Å². The van der Waals surface area contributed by atoms with Crippen molar-refractivity contribution in [3.05, 3.63) is 54.1 Å². The summed E-state index contributed by atoms with van der Waals surface area (Å²) in [5, 5.41) is 0.726. The standard InChI is InChI=1S/C17H15N3O3S/c1-22-15-7-3-2-6-14(15)19-10-20-16(21)13(18-17(20)24-11-19)9-12-5-4-8-23-12/h2-9H,10-11H2,1H3. The molecule has 1 aromatic carbocycles. The molecule has 0 radical (unpaired) electrons. The summed E-state index contributed by atoms with van der Waals surface area (Å²) < 4.78 is 10.7. The second-order valence-electron chi connectivity index (χ2n) is 5.30. The number of anilines is 1. The molecule has 1 fully saturated rings. The van der Waals surface area contributed by atoms with Crippen LogP contribution in [0.3, 0.4) is 0 Å². The molecule has 0 saturated carbocycles. The van der Waals surface area contributed by atoms with Crippen LogP contribution >= 0.6 is 11.8 Å². The van der Waals surface area contributed by atoms with E-state index in [1.165, 1.54) is 11.8 Å². The minimum absolute atomic E-state index is 0.117. The third kappa shape index (κ3) is 2.56. The lowest BCUT2D eigenvalue weighted by atomic mass is 10.2. The van der Waals surface area contributed by atoms with Crippen LogP contribution in [-0.2, 0) is 4.79 Å². The summed E-state index contributed by atoms with van der Waals surface area (Å²) in [5.74, 6) is 2.00. The molecule has 4 rings (SSSR count). The number of benzene rings is 1. The maximum absolute atomic E-state index is 12.6. The summed E-state index contributed by atoms with van der Waals surface area (Å²) in [7, 11) is 1.65. The van der Waals surface area contributed by atoms with Crippen molar-refractivity contribution in [3.8, 4) is 5.75 Å². The van der Waals surface area contributed by atoms with E-state index in [0.29, 0.717) is 24.0 Å². The van der Waals surface area contributed by atoms with Crippen molar-refractivity contribution in [2.24, 2.45) is 4.99 Å². The maximum atomic E-state index is 12.6. The van der Waals surface area contributed by atoms with Gasteiger partial charge < -0.3 is 14.1 Å². The Morgan fingerprint density at radius 2 is 2.17 bits per heavy atom. The molecule has 0 N–H and O–H groups in total. The molecule has 1 saturated heterocycles. The van der Waals surface area contributed by atoms with Crippen molar-refractivity contribution >= 4 is 34.6 Å². The number of ether oxygens (including phenoxy) is 1. The van der Waals surface area contributed by atoms with Gasteiger partial charge in [0.1, 0.15) is 23.9 Å². The largest absolute Gasteiger partial charge is 0.495 e. The number of nitrogens with zero attached hydrogens (tertiary/aromatic N) is 3. The molecule has 122 valence electrons. The van der Waals surface area contributed by atoms with E-state index >= 15 is 0 Å². The van der Waals surface area contributed by atoms with Crippen LogP contribution in [0.15, 0.2) is 57.8 Å². The number of hydrogen-bond donors (Lipinski definition) is 0. The molecule has 7 heteroatoms. The monoisotopic (exact) mass is 341 g/mol. The van der Waals surface area contributed by atoms with E-state index in [1.807, 2.05) is 24.3 Å². The van der Waals surface area contributed by atoms with E-state index in [1.54, 1.807) is 36.5 Å². The Morgan fingerprint density at radius 1 is 1.29 bits per heavy atom. The molecule has 0 aliphatic carbocycles. The molecule has 0 atom stereocenters. The first-order chi connectivity index (χ1) is 11.8. The number of aliphatic imine (C=N–C) groups is 1. The van der Waals surface area contributed by atoms with Crippen molar-refractivity contribution in [2.45, 2.75) is 0 Å². The topological polar surface area (TPSA) is 58.3 Å². The van der Waals surface area contributed by atoms with Crippen molar-refractivity contribution < 1.29 is 13.9 Å².